The van der Waals surface area contributed by atoms with Gasteiger partial charge >= 0.3 is 11.9 Å². The van der Waals surface area contributed by atoms with E-state index in [0.717, 1.165) is 6.42 Å². The Balaban J connectivity index is 2.44. The average Bonchev–Trinajstić information content (AvgIpc) is 2.52. The average molecular weight is 312 g/mol. The van der Waals surface area contributed by atoms with Crippen molar-refractivity contribution in [1.82, 2.24) is 0 Å². The zero-order valence-corrected chi connectivity index (χ0v) is 13.4. The van der Waals surface area contributed by atoms with Crippen molar-refractivity contribution >= 4 is 17.7 Å². The molecule has 2 aliphatic carbocycles. The molecule has 4 atom stereocenters. The summed E-state index contributed by atoms with van der Waals surface area (Å²) in [6.07, 6.45) is 2.73. The maximum Gasteiger partial charge on any atom is 0.315 e. The second-order valence-corrected chi connectivity index (χ2v) is 6.14. The van der Waals surface area contributed by atoms with Gasteiger partial charge in [0.1, 0.15) is 11.2 Å². The predicted molar refractivity (Wildman–Crippen MR) is 77.0 cm³/mol. The van der Waals surface area contributed by atoms with Crippen molar-refractivity contribution in [2.75, 3.05) is 20.8 Å². The lowest BCUT2D eigenvalue weighted by Gasteiger charge is -2.52. The van der Waals surface area contributed by atoms with Gasteiger partial charge < -0.3 is 14.2 Å². The number of carbonyl (C=O) groups is 3. The molecule has 0 aromatic heterocycles. The van der Waals surface area contributed by atoms with E-state index in [4.69, 9.17) is 14.2 Å². The predicted octanol–water partition coefficient (Wildman–Crippen LogP) is 1.50. The summed E-state index contributed by atoms with van der Waals surface area (Å²) in [5.74, 6) is -1.39. The third-order valence-electron chi connectivity index (χ3n) is 5.18. The van der Waals surface area contributed by atoms with Gasteiger partial charge in [0.15, 0.2) is 0 Å². The van der Waals surface area contributed by atoms with Crippen molar-refractivity contribution in [3.05, 3.63) is 0 Å². The van der Waals surface area contributed by atoms with Crippen LogP contribution < -0.4 is 0 Å². The van der Waals surface area contributed by atoms with E-state index in [0.29, 0.717) is 25.7 Å². The molecule has 2 rings (SSSR count). The molecule has 2 aliphatic rings. The number of esters is 2. The van der Waals surface area contributed by atoms with Gasteiger partial charge in [-0.15, -0.1) is 0 Å². The van der Waals surface area contributed by atoms with Crippen molar-refractivity contribution < 1.29 is 28.6 Å². The molecule has 0 spiro atoms. The SMILES string of the molecule is COC(=O)C12C(COC(C)=O)CCCC1C(=O)CCC2OC. The lowest BCUT2D eigenvalue weighted by molar-refractivity contribution is -0.196. The molecule has 2 saturated carbocycles. The molecule has 0 aliphatic heterocycles. The van der Waals surface area contributed by atoms with Crippen molar-refractivity contribution in [3.8, 4) is 0 Å². The van der Waals surface area contributed by atoms with E-state index in [1.807, 2.05) is 0 Å². The molecule has 124 valence electrons. The molecule has 0 heterocycles. The lowest BCUT2D eigenvalue weighted by atomic mass is 9.52. The molecule has 22 heavy (non-hydrogen) atoms. The standard InChI is InChI=1S/C16H24O6/c1-10(17)22-9-11-5-4-6-12-13(18)7-8-14(20-2)16(11,12)15(19)21-3/h11-12,14H,4-9H2,1-3H3. The van der Waals surface area contributed by atoms with Crippen LogP contribution in [0.2, 0.25) is 0 Å². The Morgan fingerprint density at radius 2 is 1.95 bits per heavy atom. The number of hydrogen-bond acceptors (Lipinski definition) is 6. The zero-order chi connectivity index (χ0) is 16.3. The Kier molecular flexibility index (Phi) is 5.21. The van der Waals surface area contributed by atoms with Crippen LogP contribution in [0.3, 0.4) is 0 Å². The first kappa shape index (κ1) is 16.9. The van der Waals surface area contributed by atoms with Crippen LogP contribution in [0.15, 0.2) is 0 Å². The molecular formula is C16H24O6. The normalized spacial score (nSPS) is 34.7. The number of rotatable bonds is 4. The number of carbonyl (C=O) groups excluding carboxylic acids is 3. The van der Waals surface area contributed by atoms with Crippen molar-refractivity contribution in [2.45, 2.75) is 45.1 Å². The van der Waals surface area contributed by atoms with Gasteiger partial charge in [0.25, 0.3) is 0 Å². The summed E-state index contributed by atoms with van der Waals surface area (Å²) in [6.45, 7) is 1.46. The topological polar surface area (TPSA) is 78.9 Å². The monoisotopic (exact) mass is 312 g/mol. The Morgan fingerprint density at radius 3 is 2.55 bits per heavy atom. The van der Waals surface area contributed by atoms with Gasteiger partial charge in [-0.1, -0.05) is 6.42 Å². The molecule has 0 radical (unpaired) electrons. The highest BCUT2D eigenvalue weighted by atomic mass is 16.5. The van der Waals surface area contributed by atoms with E-state index in [1.165, 1.54) is 14.0 Å². The number of ketones is 1. The van der Waals surface area contributed by atoms with Crippen LogP contribution in [-0.2, 0) is 28.6 Å². The summed E-state index contributed by atoms with van der Waals surface area (Å²) in [5.41, 5.74) is -1.04. The van der Waals surface area contributed by atoms with Crippen LogP contribution in [0.1, 0.15) is 39.0 Å². The number of hydrogen-bond donors (Lipinski definition) is 0. The molecule has 0 bridgehead atoms. The van der Waals surface area contributed by atoms with Gasteiger partial charge in [0, 0.05) is 32.3 Å². The molecule has 0 saturated heterocycles. The quantitative estimate of drug-likeness (QED) is 0.732. The lowest BCUT2D eigenvalue weighted by Crippen LogP contribution is -2.61. The van der Waals surface area contributed by atoms with Crippen molar-refractivity contribution in [2.24, 2.45) is 17.3 Å². The van der Waals surface area contributed by atoms with Gasteiger partial charge in [0.05, 0.1) is 19.8 Å². The Hall–Kier alpha value is -1.43. The minimum absolute atomic E-state index is 0.0891. The minimum Gasteiger partial charge on any atom is -0.468 e. The fourth-order valence-corrected chi connectivity index (χ4v) is 4.30. The van der Waals surface area contributed by atoms with Gasteiger partial charge in [-0.05, 0) is 19.3 Å². The highest BCUT2D eigenvalue weighted by Gasteiger charge is 2.63. The van der Waals surface area contributed by atoms with E-state index in [9.17, 15) is 14.4 Å². The molecule has 0 amide bonds. The Bertz CT molecular complexity index is 460. The highest BCUT2D eigenvalue weighted by molar-refractivity contribution is 5.91. The van der Waals surface area contributed by atoms with Crippen molar-refractivity contribution in [1.29, 1.82) is 0 Å². The summed E-state index contributed by atoms with van der Waals surface area (Å²) in [6, 6.07) is 0. The third kappa shape index (κ3) is 2.64. The smallest absolute Gasteiger partial charge is 0.315 e. The second-order valence-electron chi connectivity index (χ2n) is 6.14. The van der Waals surface area contributed by atoms with Crippen LogP contribution in [0.4, 0.5) is 0 Å². The molecule has 2 fully saturated rings. The molecular weight excluding hydrogens is 288 g/mol. The van der Waals surface area contributed by atoms with E-state index in [-0.39, 0.29) is 24.4 Å². The van der Waals surface area contributed by atoms with E-state index < -0.39 is 23.3 Å². The number of fused-ring (bicyclic) bond motifs is 1. The van der Waals surface area contributed by atoms with Crippen LogP contribution >= 0.6 is 0 Å². The summed E-state index contributed by atoms with van der Waals surface area (Å²) < 4.78 is 15.8. The van der Waals surface area contributed by atoms with E-state index >= 15 is 0 Å². The first-order chi connectivity index (χ1) is 10.5. The summed E-state index contributed by atoms with van der Waals surface area (Å²) in [5, 5.41) is 0. The fourth-order valence-electron chi connectivity index (χ4n) is 4.30. The van der Waals surface area contributed by atoms with Gasteiger partial charge in [-0.3, -0.25) is 14.4 Å². The molecule has 0 aromatic carbocycles. The molecule has 6 heteroatoms. The first-order valence-electron chi connectivity index (χ1n) is 7.75. The third-order valence-corrected chi connectivity index (χ3v) is 5.18. The molecule has 4 unspecified atom stereocenters. The van der Waals surface area contributed by atoms with Gasteiger partial charge in [-0.25, -0.2) is 0 Å². The molecule has 6 nitrogen and oxygen atoms in total. The van der Waals surface area contributed by atoms with Gasteiger partial charge in [0.2, 0.25) is 0 Å². The van der Waals surface area contributed by atoms with E-state index in [2.05, 4.69) is 0 Å². The summed E-state index contributed by atoms with van der Waals surface area (Å²) in [7, 11) is 2.89. The second kappa shape index (κ2) is 6.77. The fraction of sp³-hybridized carbons (Fsp3) is 0.812. The Labute approximate surface area is 130 Å². The van der Waals surface area contributed by atoms with Crippen LogP contribution in [0.5, 0.6) is 0 Å². The number of methoxy groups -OCH3 is 2. The van der Waals surface area contributed by atoms with Crippen LogP contribution in [0, 0.1) is 17.3 Å². The molecule has 0 aromatic rings. The zero-order valence-electron chi connectivity index (χ0n) is 13.4. The van der Waals surface area contributed by atoms with Crippen LogP contribution in [-0.4, -0.2) is 44.7 Å². The highest BCUT2D eigenvalue weighted by Crippen LogP contribution is 2.54. The summed E-state index contributed by atoms with van der Waals surface area (Å²) in [4.78, 5) is 36.3. The number of ether oxygens (including phenoxy) is 3. The minimum atomic E-state index is -1.04. The Morgan fingerprint density at radius 1 is 1.23 bits per heavy atom. The number of Topliss-reactive ketones (excluding diaryl/α,β-unsaturated/α-hetero) is 1. The summed E-state index contributed by atoms with van der Waals surface area (Å²) >= 11 is 0. The maximum absolute atomic E-state index is 12.7. The molecule has 0 N–H and O–H groups in total. The first-order valence-corrected chi connectivity index (χ1v) is 7.75. The largest absolute Gasteiger partial charge is 0.468 e. The van der Waals surface area contributed by atoms with Crippen LogP contribution in [0.25, 0.3) is 0 Å². The van der Waals surface area contributed by atoms with Gasteiger partial charge in [-0.2, -0.15) is 0 Å². The van der Waals surface area contributed by atoms with E-state index in [1.54, 1.807) is 7.11 Å². The maximum atomic E-state index is 12.7. The van der Waals surface area contributed by atoms with Crippen molar-refractivity contribution in [3.63, 3.8) is 0 Å².